The van der Waals surface area contributed by atoms with E-state index in [-0.39, 0.29) is 17.9 Å². The van der Waals surface area contributed by atoms with Crippen LogP contribution >= 0.6 is 0 Å². The average Bonchev–Trinajstić information content (AvgIpc) is 3.07. The van der Waals surface area contributed by atoms with Crippen LogP contribution in [0, 0.1) is 0 Å². The number of likely N-dealkylation sites (tertiary alicyclic amines) is 1. The molecule has 0 bridgehead atoms. The fourth-order valence-electron chi connectivity index (χ4n) is 2.66. The third-order valence-electron chi connectivity index (χ3n) is 3.75. The lowest BCUT2D eigenvalue weighted by Gasteiger charge is -2.21. The molecule has 2 amide bonds. The summed E-state index contributed by atoms with van der Waals surface area (Å²) >= 11 is 0. The highest BCUT2D eigenvalue weighted by Crippen LogP contribution is 2.13. The summed E-state index contributed by atoms with van der Waals surface area (Å²) in [5, 5.41) is 10.7. The van der Waals surface area contributed by atoms with Gasteiger partial charge >= 0.3 is 0 Å². The van der Waals surface area contributed by atoms with E-state index in [2.05, 4.69) is 15.5 Å². The molecular weight excluding hydrogens is 268 g/mol. The Bertz CT molecular complexity index is 679. The highest BCUT2D eigenvalue weighted by atomic mass is 16.2. The van der Waals surface area contributed by atoms with E-state index in [0.29, 0.717) is 18.5 Å². The fourth-order valence-corrected chi connectivity index (χ4v) is 2.66. The lowest BCUT2D eigenvalue weighted by Crippen LogP contribution is -2.42. The van der Waals surface area contributed by atoms with Gasteiger partial charge in [0.2, 0.25) is 5.91 Å². The predicted molar refractivity (Wildman–Crippen MR) is 78.8 cm³/mol. The number of hydrogen-bond donors (Lipinski definition) is 2. The largest absolute Gasteiger partial charge is 0.348 e. The summed E-state index contributed by atoms with van der Waals surface area (Å²) in [7, 11) is 0. The van der Waals surface area contributed by atoms with Crippen LogP contribution in [0.15, 0.2) is 24.4 Å². The number of amides is 2. The van der Waals surface area contributed by atoms with Crippen LogP contribution < -0.4 is 5.32 Å². The Morgan fingerprint density at radius 1 is 1.52 bits per heavy atom. The average molecular weight is 286 g/mol. The van der Waals surface area contributed by atoms with E-state index in [9.17, 15) is 9.59 Å². The number of rotatable bonds is 4. The minimum Gasteiger partial charge on any atom is -0.348 e. The number of nitrogens with zero attached hydrogens (tertiary/aromatic N) is 2. The van der Waals surface area contributed by atoms with Gasteiger partial charge in [-0.15, -0.1) is 0 Å². The molecule has 1 aliphatic rings. The zero-order valence-electron chi connectivity index (χ0n) is 11.9. The van der Waals surface area contributed by atoms with Crippen molar-refractivity contribution in [2.45, 2.75) is 25.8 Å². The number of H-pyrrole nitrogens is 1. The number of aromatic amines is 1. The summed E-state index contributed by atoms with van der Waals surface area (Å²) in [6, 6.07) is 5.35. The number of fused-ring (bicyclic) bond motifs is 1. The van der Waals surface area contributed by atoms with Crippen molar-refractivity contribution >= 4 is 22.7 Å². The number of carbonyl (C=O) groups is 2. The van der Waals surface area contributed by atoms with Gasteiger partial charge in [0.25, 0.3) is 5.91 Å². The first-order valence-electron chi connectivity index (χ1n) is 7.15. The third kappa shape index (κ3) is 2.89. The summed E-state index contributed by atoms with van der Waals surface area (Å²) in [5.41, 5.74) is 1.43. The molecule has 21 heavy (non-hydrogen) atoms. The maximum absolute atomic E-state index is 12.2. The zero-order chi connectivity index (χ0) is 14.8. The summed E-state index contributed by atoms with van der Waals surface area (Å²) < 4.78 is 0. The smallest absolute Gasteiger partial charge is 0.251 e. The molecule has 1 atom stereocenters. The second kappa shape index (κ2) is 5.55. The van der Waals surface area contributed by atoms with Crippen molar-refractivity contribution in [3.05, 3.63) is 30.0 Å². The van der Waals surface area contributed by atoms with E-state index in [1.165, 1.54) is 0 Å². The van der Waals surface area contributed by atoms with Crippen LogP contribution in [-0.4, -0.2) is 46.0 Å². The quantitative estimate of drug-likeness (QED) is 0.889. The van der Waals surface area contributed by atoms with Crippen LogP contribution in [0.1, 0.15) is 30.1 Å². The normalized spacial score (nSPS) is 16.4. The highest BCUT2D eigenvalue weighted by molar-refractivity contribution is 5.97. The molecule has 0 saturated carbocycles. The van der Waals surface area contributed by atoms with Crippen molar-refractivity contribution in [1.82, 2.24) is 20.4 Å². The van der Waals surface area contributed by atoms with Crippen molar-refractivity contribution in [2.24, 2.45) is 0 Å². The predicted octanol–water partition coefficient (Wildman–Crippen LogP) is 1.30. The number of aromatic nitrogens is 2. The van der Waals surface area contributed by atoms with Crippen LogP contribution in [0.25, 0.3) is 10.9 Å². The van der Waals surface area contributed by atoms with Crippen molar-refractivity contribution in [1.29, 1.82) is 0 Å². The van der Waals surface area contributed by atoms with Gasteiger partial charge in [-0.05, 0) is 25.5 Å². The molecule has 2 N–H and O–H groups in total. The minimum absolute atomic E-state index is 0.0722. The van der Waals surface area contributed by atoms with Gasteiger partial charge in [0.05, 0.1) is 11.7 Å². The SMILES string of the molecule is CC(CN1CCCC1=O)NC(=O)c1ccc2cn[nH]c2c1. The molecule has 6 heteroatoms. The number of nitrogens with one attached hydrogen (secondary N) is 2. The molecule has 1 aromatic heterocycles. The molecule has 0 spiro atoms. The van der Waals surface area contributed by atoms with Gasteiger partial charge < -0.3 is 10.2 Å². The first kappa shape index (κ1) is 13.6. The van der Waals surface area contributed by atoms with E-state index in [4.69, 9.17) is 0 Å². The van der Waals surface area contributed by atoms with Crippen molar-refractivity contribution < 1.29 is 9.59 Å². The Balaban J connectivity index is 1.63. The van der Waals surface area contributed by atoms with Gasteiger partial charge in [0.1, 0.15) is 0 Å². The zero-order valence-corrected chi connectivity index (χ0v) is 11.9. The van der Waals surface area contributed by atoms with Gasteiger partial charge in [-0.2, -0.15) is 5.10 Å². The summed E-state index contributed by atoms with van der Waals surface area (Å²) in [5.74, 6) is 0.0422. The lowest BCUT2D eigenvalue weighted by atomic mass is 10.1. The van der Waals surface area contributed by atoms with E-state index in [1.54, 1.807) is 18.3 Å². The number of hydrogen-bond acceptors (Lipinski definition) is 3. The van der Waals surface area contributed by atoms with E-state index >= 15 is 0 Å². The second-order valence-corrected chi connectivity index (χ2v) is 5.49. The number of benzene rings is 1. The first-order chi connectivity index (χ1) is 10.1. The molecule has 2 heterocycles. The van der Waals surface area contributed by atoms with Gasteiger partial charge in [0, 0.05) is 36.5 Å². The molecule has 0 aliphatic carbocycles. The van der Waals surface area contributed by atoms with Gasteiger partial charge in [-0.25, -0.2) is 0 Å². The van der Waals surface area contributed by atoms with Gasteiger partial charge in [-0.1, -0.05) is 6.07 Å². The Kier molecular flexibility index (Phi) is 3.60. The maximum atomic E-state index is 12.2. The Morgan fingerprint density at radius 2 is 2.38 bits per heavy atom. The van der Waals surface area contributed by atoms with Gasteiger partial charge in [-0.3, -0.25) is 14.7 Å². The summed E-state index contributed by atoms with van der Waals surface area (Å²) in [6.45, 7) is 3.27. The Morgan fingerprint density at radius 3 is 3.14 bits per heavy atom. The second-order valence-electron chi connectivity index (χ2n) is 5.49. The number of carbonyl (C=O) groups excluding carboxylic acids is 2. The van der Waals surface area contributed by atoms with E-state index < -0.39 is 0 Å². The van der Waals surface area contributed by atoms with Crippen LogP contribution in [0.4, 0.5) is 0 Å². The molecule has 1 aliphatic heterocycles. The molecule has 1 aromatic carbocycles. The van der Waals surface area contributed by atoms with Crippen LogP contribution in [-0.2, 0) is 4.79 Å². The Labute approximate surface area is 122 Å². The monoisotopic (exact) mass is 286 g/mol. The van der Waals surface area contributed by atoms with E-state index in [1.807, 2.05) is 17.9 Å². The van der Waals surface area contributed by atoms with Crippen molar-refractivity contribution in [2.75, 3.05) is 13.1 Å². The third-order valence-corrected chi connectivity index (χ3v) is 3.75. The van der Waals surface area contributed by atoms with E-state index in [0.717, 1.165) is 23.9 Å². The van der Waals surface area contributed by atoms with Crippen LogP contribution in [0.5, 0.6) is 0 Å². The molecule has 1 fully saturated rings. The highest BCUT2D eigenvalue weighted by Gasteiger charge is 2.22. The van der Waals surface area contributed by atoms with Crippen molar-refractivity contribution in [3.63, 3.8) is 0 Å². The van der Waals surface area contributed by atoms with Crippen LogP contribution in [0.3, 0.4) is 0 Å². The minimum atomic E-state index is -0.134. The van der Waals surface area contributed by atoms with Gasteiger partial charge in [0.15, 0.2) is 0 Å². The lowest BCUT2D eigenvalue weighted by molar-refractivity contribution is -0.127. The molecule has 110 valence electrons. The topological polar surface area (TPSA) is 78.1 Å². The summed E-state index contributed by atoms with van der Waals surface area (Å²) in [6.07, 6.45) is 3.26. The maximum Gasteiger partial charge on any atom is 0.251 e. The molecule has 2 aromatic rings. The molecule has 6 nitrogen and oxygen atoms in total. The molecular formula is C15H18N4O2. The molecule has 1 unspecified atom stereocenters. The van der Waals surface area contributed by atoms with Crippen molar-refractivity contribution in [3.8, 4) is 0 Å². The molecule has 0 radical (unpaired) electrons. The summed E-state index contributed by atoms with van der Waals surface area (Å²) in [4.78, 5) is 25.6. The fraction of sp³-hybridized carbons (Fsp3) is 0.400. The standard InChI is InChI=1S/C15H18N4O2/c1-10(9-19-6-2-3-14(19)20)17-15(21)11-4-5-12-8-16-18-13(12)7-11/h4-5,7-8,10H,2-3,6,9H2,1H3,(H,16,18)(H,17,21). The molecule has 3 rings (SSSR count). The van der Waals surface area contributed by atoms with Crippen LogP contribution in [0.2, 0.25) is 0 Å². The molecule has 1 saturated heterocycles. The Hall–Kier alpha value is -2.37. The first-order valence-corrected chi connectivity index (χ1v) is 7.15.